The van der Waals surface area contributed by atoms with E-state index in [2.05, 4.69) is 21.2 Å². The molecule has 2 rings (SSSR count). The Morgan fingerprint density at radius 3 is 3.00 bits per heavy atom. The van der Waals surface area contributed by atoms with Crippen LogP contribution in [0.5, 0.6) is 0 Å². The molecule has 0 bridgehead atoms. The number of carbonyl (C=O) groups is 2. The van der Waals surface area contributed by atoms with Gasteiger partial charge in [-0.2, -0.15) is 0 Å². The molecular formula is C14H16BrNO4. The molecule has 0 aromatic heterocycles. The molecule has 1 atom stereocenters. The van der Waals surface area contributed by atoms with E-state index in [1.807, 2.05) is 13.0 Å². The standard InChI is InChI=1S/C14H16BrNO4/c1-2-19-7-3-4-12(17)20-13-10-6-5-9(15)8-11(10)16-14(13)18/h5-6,8,13H,2-4,7H2,1H3,(H,16,18)/t13-/m1/s1. The van der Waals surface area contributed by atoms with Crippen LogP contribution < -0.4 is 5.32 Å². The van der Waals surface area contributed by atoms with Crippen LogP contribution in [-0.2, 0) is 19.1 Å². The fraction of sp³-hybridized carbons (Fsp3) is 0.429. The van der Waals surface area contributed by atoms with E-state index in [4.69, 9.17) is 9.47 Å². The molecule has 0 saturated carbocycles. The van der Waals surface area contributed by atoms with Gasteiger partial charge in [-0.05, 0) is 25.5 Å². The van der Waals surface area contributed by atoms with Crippen molar-refractivity contribution in [3.05, 3.63) is 28.2 Å². The van der Waals surface area contributed by atoms with E-state index in [-0.39, 0.29) is 18.3 Å². The summed E-state index contributed by atoms with van der Waals surface area (Å²) in [6, 6.07) is 5.38. The Bertz CT molecular complexity index is 518. The summed E-state index contributed by atoms with van der Waals surface area (Å²) in [6.45, 7) is 3.05. The first-order valence-electron chi connectivity index (χ1n) is 6.49. The Kier molecular flexibility index (Phi) is 5.14. The third kappa shape index (κ3) is 3.58. The first-order chi connectivity index (χ1) is 9.61. The van der Waals surface area contributed by atoms with Crippen LogP contribution in [0.1, 0.15) is 31.4 Å². The smallest absolute Gasteiger partial charge is 0.307 e. The number of halogens is 1. The highest BCUT2D eigenvalue weighted by molar-refractivity contribution is 9.10. The molecule has 6 heteroatoms. The number of hydrogen-bond donors (Lipinski definition) is 1. The van der Waals surface area contributed by atoms with Gasteiger partial charge < -0.3 is 14.8 Å². The summed E-state index contributed by atoms with van der Waals surface area (Å²) in [6.07, 6.45) is -0.0122. The van der Waals surface area contributed by atoms with E-state index in [1.54, 1.807) is 12.1 Å². The predicted octanol–water partition coefficient (Wildman–Crippen LogP) is 2.80. The lowest BCUT2D eigenvalue weighted by Gasteiger charge is -2.11. The second-order valence-electron chi connectivity index (χ2n) is 4.39. The summed E-state index contributed by atoms with van der Waals surface area (Å²) >= 11 is 3.33. The van der Waals surface area contributed by atoms with Crippen LogP contribution in [0.3, 0.4) is 0 Å². The average molecular weight is 342 g/mol. The number of ether oxygens (including phenoxy) is 2. The molecule has 1 N–H and O–H groups in total. The molecule has 1 aromatic rings. The van der Waals surface area contributed by atoms with Gasteiger partial charge in [0.25, 0.3) is 5.91 Å². The van der Waals surface area contributed by atoms with Gasteiger partial charge in [-0.15, -0.1) is 0 Å². The van der Waals surface area contributed by atoms with Gasteiger partial charge >= 0.3 is 5.97 Å². The van der Waals surface area contributed by atoms with E-state index in [9.17, 15) is 9.59 Å². The number of esters is 1. The van der Waals surface area contributed by atoms with Gasteiger partial charge in [0.2, 0.25) is 6.10 Å². The maximum atomic E-state index is 11.8. The van der Waals surface area contributed by atoms with Gasteiger partial charge in [0, 0.05) is 35.4 Å². The third-order valence-electron chi connectivity index (χ3n) is 2.92. The molecule has 0 fully saturated rings. The van der Waals surface area contributed by atoms with Crippen molar-refractivity contribution in [2.24, 2.45) is 0 Å². The predicted molar refractivity (Wildman–Crippen MR) is 77.3 cm³/mol. The molecule has 0 aliphatic carbocycles. The fourth-order valence-electron chi connectivity index (χ4n) is 1.98. The monoisotopic (exact) mass is 341 g/mol. The molecule has 1 amide bonds. The highest BCUT2D eigenvalue weighted by Gasteiger charge is 2.33. The van der Waals surface area contributed by atoms with E-state index in [1.165, 1.54) is 0 Å². The molecule has 0 saturated heterocycles. The Morgan fingerprint density at radius 1 is 1.45 bits per heavy atom. The van der Waals surface area contributed by atoms with Crippen molar-refractivity contribution in [2.45, 2.75) is 25.9 Å². The summed E-state index contributed by atoms with van der Waals surface area (Å²) in [5.74, 6) is -0.697. The number of rotatable bonds is 6. The Balaban J connectivity index is 1.93. The summed E-state index contributed by atoms with van der Waals surface area (Å²) in [5.41, 5.74) is 1.37. The third-order valence-corrected chi connectivity index (χ3v) is 3.41. The average Bonchev–Trinajstić information content (AvgIpc) is 2.70. The van der Waals surface area contributed by atoms with Gasteiger partial charge in [0.15, 0.2) is 0 Å². The van der Waals surface area contributed by atoms with Crippen molar-refractivity contribution >= 4 is 33.5 Å². The SMILES string of the molecule is CCOCCCC(=O)O[C@H]1C(=O)Nc2cc(Br)ccc21. The van der Waals surface area contributed by atoms with Gasteiger partial charge in [-0.1, -0.05) is 22.0 Å². The first kappa shape index (κ1) is 15.0. The summed E-state index contributed by atoms with van der Waals surface area (Å²) in [5, 5.41) is 2.70. The molecule has 1 aromatic carbocycles. The minimum absolute atomic E-state index is 0.246. The largest absolute Gasteiger partial charge is 0.447 e. The Labute approximate surface area is 125 Å². The van der Waals surface area contributed by atoms with Gasteiger partial charge in [-0.25, -0.2) is 0 Å². The molecule has 0 spiro atoms. The molecule has 1 aliphatic heterocycles. The maximum Gasteiger partial charge on any atom is 0.307 e. The summed E-state index contributed by atoms with van der Waals surface area (Å²) < 4.78 is 11.3. The number of anilines is 1. The number of carbonyl (C=O) groups excluding carboxylic acids is 2. The number of fused-ring (bicyclic) bond motifs is 1. The first-order valence-corrected chi connectivity index (χ1v) is 7.28. The lowest BCUT2D eigenvalue weighted by atomic mass is 10.1. The summed E-state index contributed by atoms with van der Waals surface area (Å²) in [7, 11) is 0. The van der Waals surface area contributed by atoms with Gasteiger partial charge in [-0.3, -0.25) is 9.59 Å². The minimum atomic E-state index is -0.849. The second kappa shape index (κ2) is 6.85. The van der Waals surface area contributed by atoms with Crippen LogP contribution in [0.2, 0.25) is 0 Å². The van der Waals surface area contributed by atoms with Crippen molar-refractivity contribution in [1.82, 2.24) is 0 Å². The van der Waals surface area contributed by atoms with Crippen LogP contribution >= 0.6 is 15.9 Å². The molecule has 1 aliphatic rings. The van der Waals surface area contributed by atoms with Crippen LogP contribution in [0.4, 0.5) is 5.69 Å². The Hall–Kier alpha value is -1.40. The van der Waals surface area contributed by atoms with E-state index in [0.717, 1.165) is 4.47 Å². The van der Waals surface area contributed by atoms with E-state index in [0.29, 0.717) is 30.9 Å². The van der Waals surface area contributed by atoms with E-state index < -0.39 is 6.10 Å². The zero-order valence-electron chi connectivity index (χ0n) is 11.1. The highest BCUT2D eigenvalue weighted by atomic mass is 79.9. The molecule has 1 heterocycles. The van der Waals surface area contributed by atoms with Crippen molar-refractivity contribution in [1.29, 1.82) is 0 Å². The number of hydrogen-bond acceptors (Lipinski definition) is 4. The summed E-state index contributed by atoms with van der Waals surface area (Å²) in [4.78, 5) is 23.5. The zero-order valence-corrected chi connectivity index (χ0v) is 12.7. The van der Waals surface area contributed by atoms with Crippen molar-refractivity contribution < 1.29 is 19.1 Å². The number of amides is 1. The molecule has 0 unspecified atom stereocenters. The fourth-order valence-corrected chi connectivity index (χ4v) is 2.34. The van der Waals surface area contributed by atoms with Crippen molar-refractivity contribution in [2.75, 3.05) is 18.5 Å². The lowest BCUT2D eigenvalue weighted by molar-refractivity contribution is -0.154. The van der Waals surface area contributed by atoms with Crippen molar-refractivity contribution in [3.8, 4) is 0 Å². The maximum absolute atomic E-state index is 11.8. The minimum Gasteiger partial charge on any atom is -0.447 e. The number of nitrogens with one attached hydrogen (secondary N) is 1. The molecule has 108 valence electrons. The quantitative estimate of drug-likeness (QED) is 0.638. The van der Waals surface area contributed by atoms with Gasteiger partial charge in [0.05, 0.1) is 0 Å². The normalized spacial score (nSPS) is 16.7. The van der Waals surface area contributed by atoms with Crippen molar-refractivity contribution in [3.63, 3.8) is 0 Å². The lowest BCUT2D eigenvalue weighted by Crippen LogP contribution is -2.19. The second-order valence-corrected chi connectivity index (χ2v) is 5.31. The van der Waals surface area contributed by atoms with Crippen LogP contribution in [0.15, 0.2) is 22.7 Å². The topological polar surface area (TPSA) is 64.6 Å². The molecular weight excluding hydrogens is 326 g/mol. The number of benzene rings is 1. The molecule has 0 radical (unpaired) electrons. The Morgan fingerprint density at radius 2 is 2.25 bits per heavy atom. The molecule has 20 heavy (non-hydrogen) atoms. The zero-order chi connectivity index (χ0) is 14.5. The highest BCUT2D eigenvalue weighted by Crippen LogP contribution is 2.35. The van der Waals surface area contributed by atoms with Crippen LogP contribution in [-0.4, -0.2) is 25.1 Å². The van der Waals surface area contributed by atoms with Crippen LogP contribution in [0.25, 0.3) is 0 Å². The van der Waals surface area contributed by atoms with E-state index >= 15 is 0 Å². The van der Waals surface area contributed by atoms with Crippen LogP contribution in [0, 0.1) is 0 Å². The molecule has 5 nitrogen and oxygen atoms in total. The van der Waals surface area contributed by atoms with Gasteiger partial charge in [0.1, 0.15) is 0 Å².